The predicted octanol–water partition coefficient (Wildman–Crippen LogP) is 3.13. The molecule has 0 aliphatic carbocycles. The number of carbonyl (C=O) groups excluding carboxylic acids is 1. The molecular weight excluding hydrogens is 322 g/mol. The Balaban J connectivity index is 1.52. The van der Waals surface area contributed by atoms with Crippen LogP contribution in [0.5, 0.6) is 0 Å². The van der Waals surface area contributed by atoms with Gasteiger partial charge in [-0.2, -0.15) is 0 Å². The van der Waals surface area contributed by atoms with Crippen LogP contribution >= 0.6 is 0 Å². The monoisotopic (exact) mass is 351 g/mol. The van der Waals surface area contributed by atoms with Crippen LogP contribution in [0, 0.1) is 13.8 Å². The van der Waals surface area contributed by atoms with E-state index >= 15 is 0 Å². The molecule has 3 rings (SSSR count). The highest BCUT2D eigenvalue weighted by Crippen LogP contribution is 2.24. The smallest absolute Gasteiger partial charge is 0.237 e. The lowest BCUT2D eigenvalue weighted by Crippen LogP contribution is -2.54. The summed E-state index contributed by atoms with van der Waals surface area (Å²) in [6.07, 6.45) is 0. The van der Waals surface area contributed by atoms with E-state index in [1.807, 2.05) is 37.3 Å². The molecule has 1 saturated heterocycles. The van der Waals surface area contributed by atoms with E-state index in [0.717, 1.165) is 31.7 Å². The Hall–Kier alpha value is -2.33. The zero-order valence-electron chi connectivity index (χ0n) is 16.0. The minimum Gasteiger partial charge on any atom is -0.369 e. The van der Waals surface area contributed by atoms with Gasteiger partial charge in [0.15, 0.2) is 0 Å². The summed E-state index contributed by atoms with van der Waals surface area (Å²) >= 11 is 0. The number of nitrogens with one attached hydrogen (secondary N) is 1. The van der Waals surface area contributed by atoms with E-state index in [0.29, 0.717) is 6.54 Å². The lowest BCUT2D eigenvalue weighted by Gasteiger charge is -2.39. The summed E-state index contributed by atoms with van der Waals surface area (Å²) < 4.78 is 0. The Morgan fingerprint density at radius 2 is 1.69 bits per heavy atom. The summed E-state index contributed by atoms with van der Waals surface area (Å²) in [5, 5.41) is 3.06. The van der Waals surface area contributed by atoms with E-state index in [2.05, 4.69) is 47.2 Å². The molecule has 0 radical (unpaired) electrons. The average Bonchev–Trinajstić information content (AvgIpc) is 2.68. The molecular formula is C22H29N3O. The molecule has 1 atom stereocenters. The van der Waals surface area contributed by atoms with Crippen molar-refractivity contribution >= 4 is 11.6 Å². The Labute approximate surface area is 156 Å². The quantitative estimate of drug-likeness (QED) is 0.899. The van der Waals surface area contributed by atoms with E-state index in [-0.39, 0.29) is 11.9 Å². The van der Waals surface area contributed by atoms with Crippen molar-refractivity contribution < 1.29 is 4.79 Å². The number of nitrogens with zero attached hydrogens (tertiary/aromatic N) is 2. The van der Waals surface area contributed by atoms with Gasteiger partial charge in [0.1, 0.15) is 0 Å². The van der Waals surface area contributed by atoms with Gasteiger partial charge >= 0.3 is 0 Å². The number of amides is 1. The molecule has 4 heteroatoms. The number of rotatable bonds is 5. The predicted molar refractivity (Wildman–Crippen MR) is 107 cm³/mol. The van der Waals surface area contributed by atoms with E-state index < -0.39 is 0 Å². The van der Waals surface area contributed by atoms with Crippen molar-refractivity contribution in [2.45, 2.75) is 33.4 Å². The van der Waals surface area contributed by atoms with E-state index in [1.54, 1.807) is 0 Å². The third-order valence-electron chi connectivity index (χ3n) is 5.47. The fourth-order valence-corrected chi connectivity index (χ4v) is 3.53. The summed E-state index contributed by atoms with van der Waals surface area (Å²) in [6, 6.07) is 16.4. The number of aryl methyl sites for hydroxylation is 1. The molecule has 1 heterocycles. The highest BCUT2D eigenvalue weighted by Gasteiger charge is 2.26. The van der Waals surface area contributed by atoms with Crippen molar-refractivity contribution in [3.8, 4) is 0 Å². The fourth-order valence-electron chi connectivity index (χ4n) is 3.53. The van der Waals surface area contributed by atoms with Crippen molar-refractivity contribution in [2.75, 3.05) is 31.1 Å². The maximum atomic E-state index is 12.5. The number of anilines is 1. The second kappa shape index (κ2) is 8.37. The van der Waals surface area contributed by atoms with E-state index in [9.17, 15) is 4.79 Å². The molecule has 0 spiro atoms. The fraction of sp³-hybridized carbons (Fsp3) is 0.409. The van der Waals surface area contributed by atoms with Gasteiger partial charge in [-0.05, 0) is 43.5 Å². The van der Waals surface area contributed by atoms with Crippen molar-refractivity contribution in [3.63, 3.8) is 0 Å². The summed E-state index contributed by atoms with van der Waals surface area (Å²) in [4.78, 5) is 17.2. The summed E-state index contributed by atoms with van der Waals surface area (Å²) in [7, 11) is 0. The van der Waals surface area contributed by atoms with Crippen molar-refractivity contribution in [2.24, 2.45) is 0 Å². The number of hydrogen-bond acceptors (Lipinski definition) is 3. The molecule has 2 aromatic carbocycles. The van der Waals surface area contributed by atoms with Crippen LogP contribution in [0.3, 0.4) is 0 Å². The van der Waals surface area contributed by atoms with Crippen molar-refractivity contribution in [1.29, 1.82) is 0 Å². The Morgan fingerprint density at radius 1 is 1.00 bits per heavy atom. The molecule has 4 nitrogen and oxygen atoms in total. The molecule has 0 saturated carbocycles. The highest BCUT2D eigenvalue weighted by atomic mass is 16.2. The molecule has 138 valence electrons. The van der Waals surface area contributed by atoms with Gasteiger partial charge in [0, 0.05) is 38.4 Å². The molecule has 2 aromatic rings. The van der Waals surface area contributed by atoms with Crippen LogP contribution in [0.1, 0.15) is 23.6 Å². The molecule has 1 aliphatic rings. The Bertz CT molecular complexity index is 736. The van der Waals surface area contributed by atoms with Crippen LogP contribution in [0.4, 0.5) is 5.69 Å². The zero-order valence-corrected chi connectivity index (χ0v) is 16.0. The first-order valence-electron chi connectivity index (χ1n) is 9.43. The third kappa shape index (κ3) is 4.25. The lowest BCUT2D eigenvalue weighted by molar-refractivity contribution is -0.126. The normalized spacial score (nSPS) is 16.3. The molecule has 1 fully saturated rings. The molecule has 1 aliphatic heterocycles. The highest BCUT2D eigenvalue weighted by molar-refractivity contribution is 5.81. The van der Waals surface area contributed by atoms with Crippen LogP contribution < -0.4 is 10.2 Å². The van der Waals surface area contributed by atoms with Gasteiger partial charge in [0.25, 0.3) is 0 Å². The maximum Gasteiger partial charge on any atom is 0.237 e. The first-order chi connectivity index (χ1) is 12.6. The lowest BCUT2D eigenvalue weighted by atomic mass is 10.1. The molecule has 26 heavy (non-hydrogen) atoms. The number of benzene rings is 2. The van der Waals surface area contributed by atoms with Gasteiger partial charge in [-0.25, -0.2) is 0 Å². The minimum atomic E-state index is -0.0977. The van der Waals surface area contributed by atoms with Crippen LogP contribution in [0.25, 0.3) is 0 Å². The Kier molecular flexibility index (Phi) is 5.94. The number of carbonyl (C=O) groups is 1. The molecule has 0 unspecified atom stereocenters. The van der Waals surface area contributed by atoms with Crippen LogP contribution in [0.15, 0.2) is 48.5 Å². The van der Waals surface area contributed by atoms with Crippen LogP contribution in [-0.2, 0) is 11.3 Å². The van der Waals surface area contributed by atoms with Crippen LogP contribution in [-0.4, -0.2) is 43.0 Å². The average molecular weight is 351 g/mol. The molecule has 1 N–H and O–H groups in total. The third-order valence-corrected chi connectivity index (χ3v) is 5.47. The van der Waals surface area contributed by atoms with Crippen molar-refractivity contribution in [3.05, 3.63) is 65.2 Å². The van der Waals surface area contributed by atoms with Gasteiger partial charge in [-0.15, -0.1) is 0 Å². The summed E-state index contributed by atoms with van der Waals surface area (Å²) in [6.45, 7) is 10.7. The topological polar surface area (TPSA) is 35.6 Å². The second-order valence-electron chi connectivity index (χ2n) is 7.12. The summed E-state index contributed by atoms with van der Waals surface area (Å²) in [5.41, 5.74) is 5.15. The standard InChI is InChI=1S/C22H29N3O/c1-17-8-7-11-21(18(17)2)25-14-12-24(13-15-25)19(3)22(26)23-16-20-9-5-4-6-10-20/h4-11,19H,12-16H2,1-3H3,(H,23,26)/t19-/m0/s1. The van der Waals surface area contributed by atoms with E-state index in [4.69, 9.17) is 0 Å². The van der Waals surface area contributed by atoms with Gasteiger partial charge in [0.2, 0.25) is 5.91 Å². The van der Waals surface area contributed by atoms with Gasteiger partial charge < -0.3 is 10.2 Å². The Morgan fingerprint density at radius 3 is 2.38 bits per heavy atom. The first kappa shape index (κ1) is 18.5. The van der Waals surface area contributed by atoms with E-state index in [1.165, 1.54) is 16.8 Å². The van der Waals surface area contributed by atoms with Gasteiger partial charge in [-0.1, -0.05) is 42.5 Å². The first-order valence-corrected chi connectivity index (χ1v) is 9.43. The largest absolute Gasteiger partial charge is 0.369 e. The second-order valence-corrected chi connectivity index (χ2v) is 7.12. The van der Waals surface area contributed by atoms with Gasteiger partial charge in [0.05, 0.1) is 6.04 Å². The zero-order chi connectivity index (χ0) is 18.5. The molecule has 0 bridgehead atoms. The summed E-state index contributed by atoms with van der Waals surface area (Å²) in [5.74, 6) is 0.106. The number of hydrogen-bond donors (Lipinski definition) is 1. The van der Waals surface area contributed by atoms with Crippen LogP contribution in [0.2, 0.25) is 0 Å². The SMILES string of the molecule is Cc1cccc(N2CCN([C@@H](C)C(=O)NCc3ccccc3)CC2)c1C. The number of piperazine rings is 1. The minimum absolute atomic E-state index is 0.0977. The molecule has 1 amide bonds. The maximum absolute atomic E-state index is 12.5. The van der Waals surface area contributed by atoms with Crippen molar-refractivity contribution in [1.82, 2.24) is 10.2 Å². The van der Waals surface area contributed by atoms with Gasteiger partial charge in [-0.3, -0.25) is 9.69 Å². The molecule has 0 aromatic heterocycles.